The topological polar surface area (TPSA) is 68.4 Å². The third kappa shape index (κ3) is 1.79. The van der Waals surface area contributed by atoms with Crippen molar-refractivity contribution in [2.75, 3.05) is 12.8 Å². The molecule has 1 atom stereocenters. The minimum absolute atomic E-state index is 0.475. The number of nitrogens with zero attached hydrogens (tertiary/aromatic N) is 1. The summed E-state index contributed by atoms with van der Waals surface area (Å²) in [6.45, 7) is 0. The second-order valence-electron chi connectivity index (χ2n) is 4.38. The number of anilines is 1. The van der Waals surface area contributed by atoms with Crippen LogP contribution < -0.4 is 5.73 Å². The Morgan fingerprint density at radius 1 is 1.50 bits per heavy atom. The van der Waals surface area contributed by atoms with Crippen LogP contribution in [-0.4, -0.2) is 22.8 Å². The Kier molecular flexibility index (Phi) is 3.12. The van der Waals surface area contributed by atoms with Gasteiger partial charge < -0.3 is 15.6 Å². The lowest BCUT2D eigenvalue weighted by Crippen LogP contribution is -2.35. The minimum Gasteiger partial charge on any atom is -0.398 e. The summed E-state index contributed by atoms with van der Waals surface area (Å²) in [6.07, 6.45) is 6.49. The first-order valence-corrected chi connectivity index (χ1v) is 5.62. The Balaban J connectivity index is 2.30. The molecule has 0 amide bonds. The molecule has 1 aliphatic carbocycles. The van der Waals surface area contributed by atoms with E-state index >= 15 is 0 Å². The number of hydrogen-bond donors (Lipinski definition) is 2. The van der Waals surface area contributed by atoms with Crippen LogP contribution in [0.25, 0.3) is 0 Å². The highest BCUT2D eigenvalue weighted by molar-refractivity contribution is 5.46. The zero-order valence-corrected chi connectivity index (χ0v) is 9.52. The molecule has 1 aromatic heterocycles. The zero-order chi connectivity index (χ0) is 11.6. The lowest BCUT2D eigenvalue weighted by atomic mass is 9.89. The number of pyridine rings is 1. The fourth-order valence-corrected chi connectivity index (χ4v) is 2.49. The number of aliphatic hydroxyl groups excluding tert-OH is 1. The molecule has 1 heterocycles. The first-order chi connectivity index (χ1) is 7.69. The summed E-state index contributed by atoms with van der Waals surface area (Å²) in [6, 6.07) is 1.71. The summed E-state index contributed by atoms with van der Waals surface area (Å²) in [5.41, 5.74) is 6.62. The molecule has 2 rings (SSSR count). The van der Waals surface area contributed by atoms with Crippen LogP contribution in [0.5, 0.6) is 0 Å². The van der Waals surface area contributed by atoms with Gasteiger partial charge in [-0.1, -0.05) is 12.8 Å². The fourth-order valence-electron chi connectivity index (χ4n) is 2.49. The van der Waals surface area contributed by atoms with Gasteiger partial charge in [0.2, 0.25) is 0 Å². The highest BCUT2D eigenvalue weighted by Crippen LogP contribution is 2.43. The van der Waals surface area contributed by atoms with E-state index in [1.807, 2.05) is 0 Å². The lowest BCUT2D eigenvalue weighted by Gasteiger charge is -2.33. The van der Waals surface area contributed by atoms with Gasteiger partial charge in [0.15, 0.2) is 0 Å². The van der Waals surface area contributed by atoms with Crippen LogP contribution >= 0.6 is 0 Å². The van der Waals surface area contributed by atoms with E-state index in [0.29, 0.717) is 11.3 Å². The summed E-state index contributed by atoms with van der Waals surface area (Å²) >= 11 is 0. The van der Waals surface area contributed by atoms with Crippen molar-refractivity contribution >= 4 is 5.69 Å². The summed E-state index contributed by atoms with van der Waals surface area (Å²) in [4.78, 5) is 4.01. The molecule has 0 spiro atoms. The Morgan fingerprint density at radius 3 is 2.75 bits per heavy atom. The van der Waals surface area contributed by atoms with Crippen molar-refractivity contribution in [1.29, 1.82) is 0 Å². The van der Waals surface area contributed by atoms with Crippen LogP contribution in [0.4, 0.5) is 5.69 Å². The van der Waals surface area contributed by atoms with Gasteiger partial charge in [-0.2, -0.15) is 0 Å². The van der Waals surface area contributed by atoms with Crippen molar-refractivity contribution in [3.8, 4) is 0 Å². The first-order valence-electron chi connectivity index (χ1n) is 5.62. The average molecular weight is 222 g/mol. The Hall–Kier alpha value is -1.13. The SMILES string of the molecule is COC1(C(O)c2cnccc2N)CCCC1. The van der Waals surface area contributed by atoms with Gasteiger partial charge in [0.1, 0.15) is 6.10 Å². The molecule has 4 nitrogen and oxygen atoms in total. The largest absolute Gasteiger partial charge is 0.398 e. The number of aromatic nitrogens is 1. The molecule has 4 heteroatoms. The van der Waals surface area contributed by atoms with Crippen molar-refractivity contribution in [2.45, 2.75) is 37.4 Å². The Morgan fingerprint density at radius 2 is 2.19 bits per heavy atom. The molecule has 0 radical (unpaired) electrons. The molecule has 16 heavy (non-hydrogen) atoms. The molecule has 1 aromatic rings. The number of hydrogen-bond acceptors (Lipinski definition) is 4. The monoisotopic (exact) mass is 222 g/mol. The highest BCUT2D eigenvalue weighted by atomic mass is 16.5. The number of nitrogens with two attached hydrogens (primary N) is 1. The molecule has 1 unspecified atom stereocenters. The molecular weight excluding hydrogens is 204 g/mol. The second kappa shape index (κ2) is 4.39. The van der Waals surface area contributed by atoms with E-state index in [4.69, 9.17) is 10.5 Å². The van der Waals surface area contributed by atoms with Crippen molar-refractivity contribution in [3.63, 3.8) is 0 Å². The van der Waals surface area contributed by atoms with Crippen LogP contribution in [0.15, 0.2) is 18.5 Å². The van der Waals surface area contributed by atoms with Crippen molar-refractivity contribution in [3.05, 3.63) is 24.0 Å². The predicted octanol–water partition coefficient (Wildman–Crippen LogP) is 1.66. The van der Waals surface area contributed by atoms with Gasteiger partial charge in [0, 0.05) is 30.8 Å². The molecule has 0 aromatic carbocycles. The summed E-state index contributed by atoms with van der Waals surface area (Å²) in [7, 11) is 1.65. The Bertz CT molecular complexity index is 362. The van der Waals surface area contributed by atoms with E-state index in [-0.39, 0.29) is 0 Å². The highest BCUT2D eigenvalue weighted by Gasteiger charge is 2.42. The predicted molar refractivity (Wildman–Crippen MR) is 61.8 cm³/mol. The molecule has 1 aliphatic rings. The van der Waals surface area contributed by atoms with E-state index in [2.05, 4.69) is 4.98 Å². The number of nitrogen functional groups attached to an aromatic ring is 1. The van der Waals surface area contributed by atoms with Gasteiger partial charge in [-0.3, -0.25) is 4.98 Å². The van der Waals surface area contributed by atoms with E-state index < -0.39 is 11.7 Å². The number of rotatable bonds is 3. The smallest absolute Gasteiger partial charge is 0.111 e. The van der Waals surface area contributed by atoms with Crippen LogP contribution in [0.3, 0.4) is 0 Å². The van der Waals surface area contributed by atoms with Crippen molar-refractivity contribution in [2.24, 2.45) is 0 Å². The van der Waals surface area contributed by atoms with Crippen molar-refractivity contribution in [1.82, 2.24) is 4.98 Å². The van der Waals surface area contributed by atoms with Gasteiger partial charge in [-0.05, 0) is 18.9 Å². The normalized spacial score (nSPS) is 20.9. The van der Waals surface area contributed by atoms with Gasteiger partial charge in [-0.25, -0.2) is 0 Å². The van der Waals surface area contributed by atoms with Crippen LogP contribution in [0.2, 0.25) is 0 Å². The van der Waals surface area contributed by atoms with Crippen LogP contribution in [0, 0.1) is 0 Å². The van der Waals surface area contributed by atoms with E-state index in [1.165, 1.54) is 0 Å². The quantitative estimate of drug-likeness (QED) is 0.816. The van der Waals surface area contributed by atoms with Crippen molar-refractivity contribution < 1.29 is 9.84 Å². The Labute approximate surface area is 95.4 Å². The maximum atomic E-state index is 10.4. The molecule has 0 aliphatic heterocycles. The number of aliphatic hydroxyl groups is 1. The third-order valence-corrected chi connectivity index (χ3v) is 3.54. The minimum atomic E-state index is -0.686. The molecule has 88 valence electrons. The van der Waals surface area contributed by atoms with Gasteiger partial charge >= 0.3 is 0 Å². The zero-order valence-electron chi connectivity index (χ0n) is 9.52. The summed E-state index contributed by atoms with van der Waals surface area (Å²) < 4.78 is 5.54. The number of methoxy groups -OCH3 is 1. The lowest BCUT2D eigenvalue weighted by molar-refractivity contribution is -0.0999. The standard InChI is InChI=1S/C12H18N2O2/c1-16-12(5-2-3-6-12)11(15)9-8-14-7-4-10(9)13/h4,7-8,11,15H,2-3,5-6H2,1H3,(H2,13,14). The second-order valence-corrected chi connectivity index (χ2v) is 4.38. The van der Waals surface area contributed by atoms with E-state index in [1.54, 1.807) is 25.6 Å². The first kappa shape index (κ1) is 11.4. The average Bonchev–Trinajstić information content (AvgIpc) is 2.78. The van der Waals surface area contributed by atoms with Gasteiger partial charge in [-0.15, -0.1) is 0 Å². The molecule has 3 N–H and O–H groups in total. The van der Waals surface area contributed by atoms with E-state index in [9.17, 15) is 5.11 Å². The van der Waals surface area contributed by atoms with E-state index in [0.717, 1.165) is 25.7 Å². The van der Waals surface area contributed by atoms with Crippen LogP contribution in [0.1, 0.15) is 37.4 Å². The molecule has 0 bridgehead atoms. The maximum Gasteiger partial charge on any atom is 0.111 e. The molecule has 1 fully saturated rings. The summed E-state index contributed by atoms with van der Waals surface area (Å²) in [5.74, 6) is 0. The molecule has 1 saturated carbocycles. The maximum absolute atomic E-state index is 10.4. The fraction of sp³-hybridized carbons (Fsp3) is 0.583. The summed E-state index contributed by atoms with van der Waals surface area (Å²) in [5, 5.41) is 10.4. The third-order valence-electron chi connectivity index (χ3n) is 3.54. The number of ether oxygens (including phenoxy) is 1. The molecular formula is C12H18N2O2. The molecule has 0 saturated heterocycles. The van der Waals surface area contributed by atoms with Crippen LogP contribution in [-0.2, 0) is 4.74 Å². The van der Waals surface area contributed by atoms with Gasteiger partial charge in [0.05, 0.1) is 5.60 Å². The van der Waals surface area contributed by atoms with Gasteiger partial charge in [0.25, 0.3) is 0 Å².